The molecule has 3 heteroatoms. The number of hydrogen-bond acceptors (Lipinski definition) is 3. The molecule has 1 aliphatic heterocycles. The van der Waals surface area contributed by atoms with E-state index in [1.165, 1.54) is 37.7 Å². The second kappa shape index (κ2) is 4.35. The zero-order valence-corrected chi connectivity index (χ0v) is 10.8. The van der Waals surface area contributed by atoms with Gasteiger partial charge in [0.05, 0.1) is 5.57 Å². The van der Waals surface area contributed by atoms with E-state index in [0.29, 0.717) is 11.5 Å². The fourth-order valence-electron chi connectivity index (χ4n) is 3.94. The number of nitrogens with two attached hydrogens (primary N) is 1. The molecule has 96 valence electrons. The number of ether oxygens (including phenoxy) is 1. The summed E-state index contributed by atoms with van der Waals surface area (Å²) in [5.74, 6) is 1.46. The van der Waals surface area contributed by atoms with Crippen molar-refractivity contribution in [2.45, 2.75) is 57.8 Å². The van der Waals surface area contributed by atoms with Crippen LogP contribution in [0.1, 0.15) is 57.8 Å². The second-order valence-electron chi connectivity index (χ2n) is 5.70. The van der Waals surface area contributed by atoms with Gasteiger partial charge in [0.15, 0.2) is 0 Å². The summed E-state index contributed by atoms with van der Waals surface area (Å²) in [5.41, 5.74) is 8.05. The molecule has 1 saturated carbocycles. The molecule has 1 heterocycles. The summed E-state index contributed by atoms with van der Waals surface area (Å²) in [5, 5.41) is 9.48. The van der Waals surface area contributed by atoms with Gasteiger partial charge >= 0.3 is 0 Å². The smallest absolute Gasteiger partial charge is 0.205 e. The van der Waals surface area contributed by atoms with Crippen LogP contribution in [-0.2, 0) is 4.74 Å². The maximum atomic E-state index is 9.48. The third-order valence-electron chi connectivity index (χ3n) is 4.77. The molecule has 0 aromatic rings. The SMILES string of the molecule is N#CC1=C(N)OC2=C(CCCC2)C12CCCCC2. The lowest BCUT2D eigenvalue weighted by Gasteiger charge is -2.44. The highest BCUT2D eigenvalue weighted by Crippen LogP contribution is 2.55. The predicted molar refractivity (Wildman–Crippen MR) is 68.9 cm³/mol. The first-order valence-electron chi connectivity index (χ1n) is 7.08. The highest BCUT2D eigenvalue weighted by molar-refractivity contribution is 5.45. The molecule has 3 rings (SSSR count). The van der Waals surface area contributed by atoms with Crippen LogP contribution >= 0.6 is 0 Å². The Morgan fingerprint density at radius 2 is 1.78 bits per heavy atom. The van der Waals surface area contributed by atoms with E-state index < -0.39 is 0 Å². The van der Waals surface area contributed by atoms with Crippen LogP contribution in [0, 0.1) is 16.7 Å². The second-order valence-corrected chi connectivity index (χ2v) is 5.70. The van der Waals surface area contributed by atoms with E-state index in [9.17, 15) is 5.26 Å². The maximum Gasteiger partial charge on any atom is 0.205 e. The molecule has 3 aliphatic rings. The van der Waals surface area contributed by atoms with Crippen molar-refractivity contribution in [2.75, 3.05) is 0 Å². The number of nitrogens with zero attached hydrogens (tertiary/aromatic N) is 1. The molecule has 0 amide bonds. The first-order valence-corrected chi connectivity index (χ1v) is 7.08. The first kappa shape index (κ1) is 11.6. The van der Waals surface area contributed by atoms with Crippen molar-refractivity contribution in [3.8, 4) is 6.07 Å². The minimum atomic E-state index is -0.0644. The molecule has 0 aromatic carbocycles. The quantitative estimate of drug-likeness (QED) is 0.709. The van der Waals surface area contributed by atoms with Gasteiger partial charge in [-0.15, -0.1) is 0 Å². The summed E-state index contributed by atoms with van der Waals surface area (Å²) < 4.78 is 5.74. The van der Waals surface area contributed by atoms with Crippen LogP contribution in [0.5, 0.6) is 0 Å². The van der Waals surface area contributed by atoms with Crippen LogP contribution in [-0.4, -0.2) is 0 Å². The average molecular weight is 244 g/mol. The van der Waals surface area contributed by atoms with Gasteiger partial charge in [-0.25, -0.2) is 0 Å². The summed E-state index contributed by atoms with van der Waals surface area (Å²) in [7, 11) is 0. The van der Waals surface area contributed by atoms with Gasteiger partial charge in [0.1, 0.15) is 11.8 Å². The number of rotatable bonds is 0. The van der Waals surface area contributed by atoms with Gasteiger partial charge in [-0.1, -0.05) is 19.3 Å². The third-order valence-corrected chi connectivity index (χ3v) is 4.77. The van der Waals surface area contributed by atoms with E-state index in [1.807, 2.05) is 0 Å². The maximum absolute atomic E-state index is 9.48. The van der Waals surface area contributed by atoms with E-state index >= 15 is 0 Å². The molecular weight excluding hydrogens is 224 g/mol. The lowest BCUT2D eigenvalue weighted by Crippen LogP contribution is -2.36. The Kier molecular flexibility index (Phi) is 2.81. The monoisotopic (exact) mass is 244 g/mol. The summed E-state index contributed by atoms with van der Waals surface area (Å²) in [6, 6.07) is 2.34. The summed E-state index contributed by atoms with van der Waals surface area (Å²) in [4.78, 5) is 0. The minimum absolute atomic E-state index is 0.0644. The normalized spacial score (nSPS) is 26.6. The fraction of sp³-hybridized carbons (Fsp3) is 0.667. The molecule has 0 saturated heterocycles. The molecule has 2 aliphatic carbocycles. The van der Waals surface area contributed by atoms with Gasteiger partial charge in [-0.3, -0.25) is 0 Å². The molecule has 0 bridgehead atoms. The van der Waals surface area contributed by atoms with Gasteiger partial charge in [-0.05, 0) is 37.7 Å². The highest BCUT2D eigenvalue weighted by Gasteiger charge is 2.46. The van der Waals surface area contributed by atoms with Crippen molar-refractivity contribution in [2.24, 2.45) is 11.1 Å². The van der Waals surface area contributed by atoms with Gasteiger partial charge in [0.2, 0.25) is 5.88 Å². The number of nitriles is 1. The van der Waals surface area contributed by atoms with E-state index in [-0.39, 0.29) is 5.41 Å². The Morgan fingerprint density at radius 3 is 2.50 bits per heavy atom. The molecule has 0 atom stereocenters. The predicted octanol–water partition coefficient (Wildman–Crippen LogP) is 3.49. The van der Waals surface area contributed by atoms with E-state index in [0.717, 1.165) is 31.4 Å². The van der Waals surface area contributed by atoms with Crippen LogP contribution in [0.3, 0.4) is 0 Å². The minimum Gasteiger partial charge on any atom is -0.445 e. The van der Waals surface area contributed by atoms with Gasteiger partial charge in [-0.2, -0.15) is 5.26 Å². The van der Waals surface area contributed by atoms with Crippen molar-refractivity contribution in [1.29, 1.82) is 5.26 Å². The molecule has 0 unspecified atom stereocenters. The van der Waals surface area contributed by atoms with Crippen LogP contribution in [0.4, 0.5) is 0 Å². The zero-order valence-electron chi connectivity index (χ0n) is 10.8. The average Bonchev–Trinajstić information content (AvgIpc) is 2.40. The van der Waals surface area contributed by atoms with E-state index in [1.54, 1.807) is 0 Å². The van der Waals surface area contributed by atoms with Gasteiger partial charge in [0.25, 0.3) is 0 Å². The number of allylic oxidation sites excluding steroid dienone is 3. The van der Waals surface area contributed by atoms with Crippen LogP contribution in [0.2, 0.25) is 0 Å². The van der Waals surface area contributed by atoms with Crippen molar-refractivity contribution < 1.29 is 4.74 Å². The Morgan fingerprint density at radius 1 is 1.06 bits per heavy atom. The van der Waals surface area contributed by atoms with Crippen LogP contribution in [0.15, 0.2) is 22.8 Å². The molecule has 1 fully saturated rings. The molecule has 18 heavy (non-hydrogen) atoms. The standard InChI is InChI=1S/C15H20N2O/c16-10-12-14(17)18-13-7-3-2-6-11(13)15(12)8-4-1-5-9-15/h1-9,17H2. The summed E-state index contributed by atoms with van der Waals surface area (Å²) in [6.07, 6.45) is 10.4. The van der Waals surface area contributed by atoms with Crippen molar-refractivity contribution in [1.82, 2.24) is 0 Å². The third kappa shape index (κ3) is 1.55. The summed E-state index contributed by atoms with van der Waals surface area (Å²) >= 11 is 0. The first-order chi connectivity index (χ1) is 8.78. The number of fused-ring (bicyclic) bond motifs is 1. The topological polar surface area (TPSA) is 59.0 Å². The lowest BCUT2D eigenvalue weighted by atomic mass is 9.61. The van der Waals surface area contributed by atoms with Crippen molar-refractivity contribution >= 4 is 0 Å². The summed E-state index contributed by atoms with van der Waals surface area (Å²) in [6.45, 7) is 0. The van der Waals surface area contributed by atoms with Gasteiger partial charge < -0.3 is 10.5 Å². The fourth-order valence-corrected chi connectivity index (χ4v) is 3.94. The molecule has 1 spiro atoms. The Labute approximate surface area is 108 Å². The van der Waals surface area contributed by atoms with Crippen molar-refractivity contribution in [3.63, 3.8) is 0 Å². The van der Waals surface area contributed by atoms with E-state index in [4.69, 9.17) is 10.5 Å². The molecule has 2 N–H and O–H groups in total. The Hall–Kier alpha value is -1.43. The lowest BCUT2D eigenvalue weighted by molar-refractivity contribution is 0.184. The van der Waals surface area contributed by atoms with Crippen LogP contribution < -0.4 is 5.73 Å². The molecule has 0 radical (unpaired) electrons. The zero-order chi connectivity index (χ0) is 12.6. The highest BCUT2D eigenvalue weighted by atomic mass is 16.5. The largest absolute Gasteiger partial charge is 0.445 e. The number of hydrogen-bond donors (Lipinski definition) is 1. The van der Waals surface area contributed by atoms with Gasteiger partial charge in [0, 0.05) is 11.8 Å². The van der Waals surface area contributed by atoms with Crippen molar-refractivity contribution in [3.05, 3.63) is 22.8 Å². The van der Waals surface area contributed by atoms with E-state index in [2.05, 4.69) is 6.07 Å². The molecule has 3 nitrogen and oxygen atoms in total. The Balaban J connectivity index is 2.10. The Bertz CT molecular complexity index is 461. The molecular formula is C15H20N2O. The van der Waals surface area contributed by atoms with Crippen LogP contribution in [0.25, 0.3) is 0 Å². The molecule has 0 aromatic heterocycles.